The quantitative estimate of drug-likeness (QED) is 0.576. The lowest BCUT2D eigenvalue weighted by atomic mass is 9.43. The van der Waals surface area contributed by atoms with E-state index in [9.17, 15) is 9.90 Å². The summed E-state index contributed by atoms with van der Waals surface area (Å²) in [4.78, 5) is 15.6. The zero-order valence-corrected chi connectivity index (χ0v) is 19.5. The molecule has 1 aromatic rings. The Hall–Kier alpha value is -1.79. The molecule has 5 rings (SSSR count). The molecule has 7 heteroatoms. The van der Waals surface area contributed by atoms with E-state index >= 15 is 0 Å². The average molecular weight is 446 g/mol. The molecule has 0 aromatic heterocycles. The van der Waals surface area contributed by atoms with Gasteiger partial charge in [-0.05, 0) is 55.1 Å². The van der Waals surface area contributed by atoms with Crippen molar-refractivity contribution in [3.63, 3.8) is 0 Å². The second-order valence-corrected chi connectivity index (χ2v) is 11.0. The first-order valence-corrected chi connectivity index (χ1v) is 11.6. The maximum Gasteiger partial charge on any atom is 0.223 e. The maximum atomic E-state index is 13.5. The molecule has 3 N–H and O–H groups in total. The van der Waals surface area contributed by atoms with Crippen molar-refractivity contribution < 1.29 is 14.6 Å². The van der Waals surface area contributed by atoms with Crippen LogP contribution in [0.3, 0.4) is 0 Å². The van der Waals surface area contributed by atoms with Crippen LogP contribution in [0.25, 0.3) is 0 Å². The van der Waals surface area contributed by atoms with Crippen LogP contribution < -0.4 is 10.1 Å². The molecule has 6 unspecified atom stereocenters. The normalized spacial score (nSPS) is 37.9. The van der Waals surface area contributed by atoms with Crippen LogP contribution in [0.1, 0.15) is 57.9 Å². The fraction of sp³-hybridized carbons (Fsp3) is 0.667. The molecule has 4 bridgehead atoms. The Bertz CT molecular complexity index is 983. The third-order valence-electron chi connectivity index (χ3n) is 8.99. The van der Waals surface area contributed by atoms with E-state index in [2.05, 4.69) is 17.1 Å². The van der Waals surface area contributed by atoms with Crippen molar-refractivity contribution in [2.75, 3.05) is 19.5 Å². The Morgan fingerprint density at radius 1 is 1.39 bits per heavy atom. The molecule has 6 nitrogen and oxygen atoms in total. The van der Waals surface area contributed by atoms with Gasteiger partial charge in [-0.3, -0.25) is 4.79 Å². The van der Waals surface area contributed by atoms with Crippen molar-refractivity contribution in [2.45, 2.75) is 70.1 Å². The summed E-state index contributed by atoms with van der Waals surface area (Å²) in [6.07, 6.45) is 4.74. The minimum absolute atomic E-state index is 0.0383. The van der Waals surface area contributed by atoms with Gasteiger partial charge in [-0.1, -0.05) is 25.4 Å². The molecule has 0 radical (unpaired) electrons. The van der Waals surface area contributed by atoms with Gasteiger partial charge in [0.05, 0.1) is 17.7 Å². The SMILES string of the molecule is CNc1ccc(OC)c(Cl)c1C(=N)C(C)CC(=O)N1C2CC3(O)CC4(C2)CC1C4(C)C3. The minimum atomic E-state index is -0.602. The number of hydrogen-bond donors (Lipinski definition) is 3. The molecule has 6 atom stereocenters. The van der Waals surface area contributed by atoms with Crippen LogP contribution >= 0.6 is 11.6 Å². The number of amides is 1. The number of likely N-dealkylation sites (tertiary alicyclic amines) is 1. The molecule has 31 heavy (non-hydrogen) atoms. The van der Waals surface area contributed by atoms with Crippen molar-refractivity contribution in [2.24, 2.45) is 16.7 Å². The van der Waals surface area contributed by atoms with E-state index in [4.69, 9.17) is 21.7 Å². The van der Waals surface area contributed by atoms with Crippen LogP contribution in [-0.4, -0.2) is 53.5 Å². The van der Waals surface area contributed by atoms with Gasteiger partial charge < -0.3 is 25.5 Å². The highest BCUT2D eigenvalue weighted by atomic mass is 35.5. The Balaban J connectivity index is 1.37. The highest BCUT2D eigenvalue weighted by Gasteiger charge is 2.78. The standard InChI is InChI=1S/C24H32ClN3O3/c1-13(21(26)19-15(27-3)5-6-16(31-4)20(19)25)7-18(29)28-14-8-23-10-17(28)22(23,2)11-24(30,9-14)12-23/h5-6,13-14,17,26-27,30H,7-12H2,1-4H3. The Morgan fingerprint density at radius 3 is 2.81 bits per heavy atom. The van der Waals surface area contributed by atoms with Crippen LogP contribution in [0.2, 0.25) is 5.02 Å². The first-order valence-electron chi connectivity index (χ1n) is 11.2. The molecule has 3 saturated carbocycles. The first kappa shape index (κ1) is 21.1. The molecule has 1 spiro atoms. The summed E-state index contributed by atoms with van der Waals surface area (Å²) in [7, 11) is 3.35. The van der Waals surface area contributed by atoms with Gasteiger partial charge >= 0.3 is 0 Å². The molecule has 1 saturated heterocycles. The van der Waals surface area contributed by atoms with Crippen molar-refractivity contribution in [3.05, 3.63) is 22.7 Å². The average Bonchev–Trinajstić information content (AvgIpc) is 2.79. The lowest BCUT2D eigenvalue weighted by Crippen LogP contribution is -2.73. The monoisotopic (exact) mass is 445 g/mol. The Kier molecular flexibility index (Phi) is 4.49. The lowest BCUT2D eigenvalue weighted by Gasteiger charge is -2.70. The number of benzene rings is 1. The first-order chi connectivity index (χ1) is 14.6. The summed E-state index contributed by atoms with van der Waals surface area (Å²) in [5, 5.41) is 23.4. The van der Waals surface area contributed by atoms with E-state index in [0.717, 1.165) is 31.4 Å². The summed E-state index contributed by atoms with van der Waals surface area (Å²) < 4.78 is 5.34. The molecular weight excluding hydrogens is 414 g/mol. The third kappa shape index (κ3) is 2.67. The number of anilines is 1. The van der Waals surface area contributed by atoms with Gasteiger partial charge in [-0.15, -0.1) is 0 Å². The number of rotatable bonds is 6. The van der Waals surface area contributed by atoms with Gasteiger partial charge in [0.2, 0.25) is 5.91 Å². The van der Waals surface area contributed by atoms with Crippen LogP contribution in [0, 0.1) is 22.2 Å². The Morgan fingerprint density at radius 2 is 2.13 bits per heavy atom. The smallest absolute Gasteiger partial charge is 0.223 e. The van der Waals surface area contributed by atoms with Crippen molar-refractivity contribution in [1.82, 2.24) is 4.90 Å². The maximum absolute atomic E-state index is 13.5. The zero-order chi connectivity index (χ0) is 22.3. The van der Waals surface area contributed by atoms with Crippen molar-refractivity contribution in [1.29, 1.82) is 5.41 Å². The van der Waals surface area contributed by atoms with Gasteiger partial charge in [0.1, 0.15) is 5.75 Å². The topological polar surface area (TPSA) is 85.7 Å². The molecule has 1 aliphatic heterocycles. The van der Waals surface area contributed by atoms with E-state index in [0.29, 0.717) is 28.5 Å². The number of carbonyl (C=O) groups excluding carboxylic acids is 1. The van der Waals surface area contributed by atoms with Crippen LogP contribution in [0.15, 0.2) is 12.1 Å². The Labute approximate surface area is 188 Å². The highest BCUT2D eigenvalue weighted by Crippen LogP contribution is 2.78. The van der Waals surface area contributed by atoms with E-state index < -0.39 is 5.60 Å². The van der Waals surface area contributed by atoms with Crippen LogP contribution in [0.4, 0.5) is 5.69 Å². The van der Waals surface area contributed by atoms with Gasteiger partial charge in [0.15, 0.2) is 0 Å². The van der Waals surface area contributed by atoms with Gasteiger partial charge in [0.25, 0.3) is 0 Å². The van der Waals surface area contributed by atoms with Gasteiger partial charge in [-0.2, -0.15) is 0 Å². The fourth-order valence-electron chi connectivity index (χ4n) is 7.64. The van der Waals surface area contributed by atoms with Crippen LogP contribution in [-0.2, 0) is 4.79 Å². The molecule has 1 amide bonds. The molecule has 4 aliphatic rings. The van der Waals surface area contributed by atoms with E-state index in [1.54, 1.807) is 20.2 Å². The summed E-state index contributed by atoms with van der Waals surface area (Å²) in [5.74, 6) is 0.331. The molecule has 3 aliphatic carbocycles. The predicted octanol–water partition coefficient (Wildman–Crippen LogP) is 4.08. The van der Waals surface area contributed by atoms with Crippen LogP contribution in [0.5, 0.6) is 5.75 Å². The number of piperidine rings is 2. The summed E-state index contributed by atoms with van der Waals surface area (Å²) in [6.45, 7) is 4.20. The number of halogens is 1. The highest BCUT2D eigenvalue weighted by molar-refractivity contribution is 6.36. The number of methoxy groups -OCH3 is 1. The molecule has 168 valence electrons. The molecule has 4 fully saturated rings. The van der Waals surface area contributed by atoms with E-state index in [1.165, 1.54) is 0 Å². The minimum Gasteiger partial charge on any atom is -0.495 e. The lowest BCUT2D eigenvalue weighted by molar-refractivity contribution is -0.213. The summed E-state index contributed by atoms with van der Waals surface area (Å²) >= 11 is 6.54. The third-order valence-corrected chi connectivity index (χ3v) is 9.37. The summed E-state index contributed by atoms with van der Waals surface area (Å²) in [5.41, 5.74) is 1.34. The second-order valence-electron chi connectivity index (χ2n) is 10.6. The second kappa shape index (κ2) is 6.61. The number of fused-ring (bicyclic) bond motifs is 4. The number of nitrogens with zero attached hydrogens (tertiary/aromatic N) is 1. The van der Waals surface area contributed by atoms with E-state index in [1.807, 2.05) is 13.0 Å². The van der Waals surface area contributed by atoms with Gasteiger partial charge in [-0.25, -0.2) is 0 Å². The number of ether oxygens (including phenoxy) is 1. The molecular formula is C24H32ClN3O3. The summed E-state index contributed by atoms with van der Waals surface area (Å²) in [6, 6.07) is 3.98. The zero-order valence-electron chi connectivity index (χ0n) is 18.7. The van der Waals surface area contributed by atoms with Crippen molar-refractivity contribution in [3.8, 4) is 5.75 Å². The fourth-order valence-corrected chi connectivity index (χ4v) is 7.98. The molecule has 1 heterocycles. The predicted molar refractivity (Wildman–Crippen MR) is 121 cm³/mol. The molecule has 1 aromatic carbocycles. The largest absolute Gasteiger partial charge is 0.495 e. The van der Waals surface area contributed by atoms with Crippen molar-refractivity contribution >= 4 is 28.9 Å². The number of aliphatic hydroxyl groups is 1. The number of nitrogens with one attached hydrogen (secondary N) is 2. The number of carbonyl (C=O) groups is 1. The van der Waals surface area contributed by atoms with E-state index in [-0.39, 0.29) is 41.2 Å². The van der Waals surface area contributed by atoms with Gasteiger partial charge in [0, 0.05) is 48.4 Å². The number of hydrogen-bond acceptors (Lipinski definition) is 5.